The van der Waals surface area contributed by atoms with E-state index in [0.717, 1.165) is 18.6 Å². The molecule has 0 spiro atoms. The molecule has 1 amide bonds. The van der Waals surface area contributed by atoms with Gasteiger partial charge in [0.15, 0.2) is 0 Å². The molecule has 1 fully saturated rings. The second kappa shape index (κ2) is 8.97. The number of halogens is 4. The van der Waals surface area contributed by atoms with E-state index in [1.807, 2.05) is 0 Å². The van der Waals surface area contributed by atoms with Gasteiger partial charge in [-0.2, -0.15) is 13.2 Å². The number of aromatic nitrogens is 2. The van der Waals surface area contributed by atoms with Crippen molar-refractivity contribution in [2.24, 2.45) is 0 Å². The van der Waals surface area contributed by atoms with E-state index in [1.54, 1.807) is 4.90 Å². The van der Waals surface area contributed by atoms with Crippen LogP contribution in [0, 0.1) is 5.82 Å². The van der Waals surface area contributed by atoms with Crippen molar-refractivity contribution in [3.63, 3.8) is 0 Å². The van der Waals surface area contributed by atoms with Crippen LogP contribution in [-0.4, -0.2) is 40.0 Å². The topological polar surface area (TPSA) is 68.5 Å². The van der Waals surface area contributed by atoms with E-state index in [9.17, 15) is 22.4 Å². The zero-order valence-corrected chi connectivity index (χ0v) is 16.8. The lowest BCUT2D eigenvalue weighted by Gasteiger charge is -2.25. The van der Waals surface area contributed by atoms with Crippen molar-refractivity contribution in [1.29, 1.82) is 0 Å². The number of ether oxygens (including phenoxy) is 1. The van der Waals surface area contributed by atoms with Crippen molar-refractivity contribution in [1.82, 2.24) is 14.9 Å². The van der Waals surface area contributed by atoms with Gasteiger partial charge in [-0.05, 0) is 37.5 Å². The summed E-state index contributed by atoms with van der Waals surface area (Å²) in [5.74, 6) is -0.991. The number of benzene rings is 1. The van der Waals surface area contributed by atoms with Gasteiger partial charge in [-0.15, -0.1) is 0 Å². The van der Waals surface area contributed by atoms with Gasteiger partial charge in [0.2, 0.25) is 11.8 Å². The van der Waals surface area contributed by atoms with Crippen molar-refractivity contribution in [3.8, 4) is 17.3 Å². The van der Waals surface area contributed by atoms with Crippen LogP contribution in [0.2, 0.25) is 0 Å². The van der Waals surface area contributed by atoms with Crippen LogP contribution in [0.4, 0.5) is 17.6 Å². The predicted molar refractivity (Wildman–Crippen MR) is 105 cm³/mol. The van der Waals surface area contributed by atoms with Gasteiger partial charge in [-0.3, -0.25) is 4.79 Å². The Hall–Kier alpha value is -3.43. The van der Waals surface area contributed by atoms with Gasteiger partial charge < -0.3 is 14.1 Å². The average Bonchev–Trinajstić information content (AvgIpc) is 3.19. The molecule has 0 N–H and O–H groups in total. The number of alkyl halides is 3. The van der Waals surface area contributed by atoms with Crippen LogP contribution in [0.1, 0.15) is 35.2 Å². The highest BCUT2D eigenvalue weighted by Gasteiger charge is 2.31. The lowest BCUT2D eigenvalue weighted by atomic mass is 10.0. The van der Waals surface area contributed by atoms with E-state index in [1.165, 1.54) is 30.7 Å². The quantitative estimate of drug-likeness (QED) is 0.526. The Morgan fingerprint density at radius 1 is 1.16 bits per heavy atom. The highest BCUT2D eigenvalue weighted by molar-refractivity contribution is 6.00. The van der Waals surface area contributed by atoms with Crippen LogP contribution in [0.25, 0.3) is 11.5 Å². The van der Waals surface area contributed by atoms with Crippen molar-refractivity contribution < 1.29 is 31.5 Å². The summed E-state index contributed by atoms with van der Waals surface area (Å²) in [6.07, 6.45) is 0.478. The zero-order valence-electron chi connectivity index (χ0n) is 16.8. The minimum atomic E-state index is -4.48. The number of pyridine rings is 1. The molecule has 1 saturated heterocycles. The van der Waals surface area contributed by atoms with Gasteiger partial charge in [0.25, 0.3) is 5.91 Å². The lowest BCUT2D eigenvalue weighted by molar-refractivity contribution is -0.137. The number of hydrogen-bond donors (Lipinski definition) is 0. The summed E-state index contributed by atoms with van der Waals surface area (Å²) in [6, 6.07) is 6.22. The first-order chi connectivity index (χ1) is 15.3. The summed E-state index contributed by atoms with van der Waals surface area (Å²) in [7, 11) is 0. The van der Waals surface area contributed by atoms with Gasteiger partial charge in [0.05, 0.1) is 29.4 Å². The molecule has 1 aromatic carbocycles. The summed E-state index contributed by atoms with van der Waals surface area (Å²) in [5, 5.41) is 0. The van der Waals surface area contributed by atoms with Crippen molar-refractivity contribution in [2.75, 3.05) is 13.1 Å². The van der Waals surface area contributed by atoms with Gasteiger partial charge in [-0.1, -0.05) is 6.07 Å². The summed E-state index contributed by atoms with van der Waals surface area (Å²) in [4.78, 5) is 22.5. The lowest BCUT2D eigenvalue weighted by Crippen LogP contribution is -2.38. The van der Waals surface area contributed by atoms with Crippen LogP contribution >= 0.6 is 0 Å². The van der Waals surface area contributed by atoms with Crippen LogP contribution in [0.5, 0.6) is 5.88 Å². The normalized spacial score (nSPS) is 17.1. The molecule has 3 heterocycles. The summed E-state index contributed by atoms with van der Waals surface area (Å²) in [5.41, 5.74) is -0.776. The summed E-state index contributed by atoms with van der Waals surface area (Å²) in [6.45, 7) is 0.615. The summed E-state index contributed by atoms with van der Waals surface area (Å²) < 4.78 is 63.7. The highest BCUT2D eigenvalue weighted by Crippen LogP contribution is 2.30. The van der Waals surface area contributed by atoms with E-state index >= 15 is 0 Å². The molecule has 0 aliphatic carbocycles. The molecule has 4 rings (SSSR count). The molecule has 2 aromatic heterocycles. The molecule has 0 unspecified atom stereocenters. The van der Waals surface area contributed by atoms with Gasteiger partial charge in [-0.25, -0.2) is 14.4 Å². The Balaban J connectivity index is 1.53. The van der Waals surface area contributed by atoms with Crippen LogP contribution in [0.15, 0.2) is 53.4 Å². The maximum absolute atomic E-state index is 14.5. The minimum absolute atomic E-state index is 0.00280. The monoisotopic (exact) mass is 449 g/mol. The molecule has 32 heavy (non-hydrogen) atoms. The predicted octanol–water partition coefficient (Wildman–Crippen LogP) is 4.97. The Kier molecular flexibility index (Phi) is 6.11. The molecule has 3 aromatic rings. The second-order valence-corrected chi connectivity index (χ2v) is 7.37. The molecule has 6 nitrogen and oxygen atoms in total. The number of carbonyl (C=O) groups excluding carboxylic acids is 1. The summed E-state index contributed by atoms with van der Waals surface area (Å²) >= 11 is 0. The molecule has 1 aliphatic rings. The second-order valence-electron chi connectivity index (χ2n) is 7.37. The Morgan fingerprint density at radius 2 is 2.00 bits per heavy atom. The molecule has 168 valence electrons. The zero-order chi connectivity index (χ0) is 22.7. The number of hydrogen-bond acceptors (Lipinski definition) is 5. The maximum Gasteiger partial charge on any atom is 0.417 e. The van der Waals surface area contributed by atoms with Gasteiger partial charge in [0, 0.05) is 18.8 Å². The van der Waals surface area contributed by atoms with Crippen LogP contribution in [0.3, 0.4) is 0 Å². The molecule has 10 heteroatoms. The SMILES string of the molecule is O=C(c1cccc(F)c1-c1ncco1)N1CCCC[C@@H](Oc2ccc(C(F)(F)F)cn2)C1. The average molecular weight is 449 g/mol. The number of carbonyl (C=O) groups is 1. The van der Waals surface area contributed by atoms with Gasteiger partial charge >= 0.3 is 6.18 Å². The third-order valence-electron chi connectivity index (χ3n) is 5.16. The van der Waals surface area contributed by atoms with E-state index in [2.05, 4.69) is 9.97 Å². The fraction of sp³-hybridized carbons (Fsp3) is 0.318. The van der Waals surface area contributed by atoms with Crippen molar-refractivity contribution >= 4 is 5.91 Å². The third kappa shape index (κ3) is 4.74. The van der Waals surface area contributed by atoms with Gasteiger partial charge in [0.1, 0.15) is 18.2 Å². The first kappa shape index (κ1) is 21.8. The first-order valence-corrected chi connectivity index (χ1v) is 10.0. The Labute approximate surface area is 180 Å². The molecule has 0 saturated carbocycles. The largest absolute Gasteiger partial charge is 0.472 e. The fourth-order valence-corrected chi connectivity index (χ4v) is 3.61. The van der Waals surface area contributed by atoms with E-state index in [4.69, 9.17) is 9.15 Å². The molecule has 1 atom stereocenters. The van der Waals surface area contributed by atoms with Crippen molar-refractivity contribution in [2.45, 2.75) is 31.5 Å². The minimum Gasteiger partial charge on any atom is -0.472 e. The molecular formula is C22H19F4N3O3. The van der Waals surface area contributed by atoms with Crippen LogP contribution in [-0.2, 0) is 6.18 Å². The number of rotatable bonds is 4. The molecule has 1 aliphatic heterocycles. The van der Waals surface area contributed by atoms with Crippen molar-refractivity contribution in [3.05, 3.63) is 65.9 Å². The number of likely N-dealkylation sites (tertiary alicyclic amines) is 1. The number of nitrogens with zero attached hydrogens (tertiary/aromatic N) is 3. The standard InChI is InChI=1S/C22H19F4N3O3/c23-17-6-3-5-16(19(17)20-27-9-11-31-20)21(30)29-10-2-1-4-15(13-29)32-18-8-7-14(12-28-18)22(24,25)26/h3,5-9,11-12,15H,1-2,4,10,13H2/t15-/m1/s1. The first-order valence-electron chi connectivity index (χ1n) is 10.0. The number of amides is 1. The maximum atomic E-state index is 14.5. The third-order valence-corrected chi connectivity index (χ3v) is 5.16. The van der Waals surface area contributed by atoms with E-state index in [-0.39, 0.29) is 29.4 Å². The van der Waals surface area contributed by atoms with E-state index in [0.29, 0.717) is 25.6 Å². The highest BCUT2D eigenvalue weighted by atomic mass is 19.4. The Bertz CT molecular complexity index is 1070. The Morgan fingerprint density at radius 3 is 2.69 bits per heavy atom. The van der Waals surface area contributed by atoms with E-state index < -0.39 is 29.6 Å². The molecule has 0 bridgehead atoms. The van der Waals surface area contributed by atoms with Crippen LogP contribution < -0.4 is 4.74 Å². The molecule has 0 radical (unpaired) electrons. The fourth-order valence-electron chi connectivity index (χ4n) is 3.61. The smallest absolute Gasteiger partial charge is 0.417 e. The number of oxazole rings is 1. The molecular weight excluding hydrogens is 430 g/mol.